The molecule has 0 spiro atoms. The number of carboxylic acids is 1. The Kier molecular flexibility index (Phi) is 7.25. The topological polar surface area (TPSA) is 72.8 Å². The summed E-state index contributed by atoms with van der Waals surface area (Å²) >= 11 is 0. The molecule has 0 saturated heterocycles. The highest BCUT2D eigenvalue weighted by molar-refractivity contribution is 5.77. The van der Waals surface area contributed by atoms with Crippen molar-refractivity contribution in [3.8, 4) is 5.75 Å². The lowest BCUT2D eigenvalue weighted by atomic mass is 9.95. The van der Waals surface area contributed by atoms with Crippen LogP contribution >= 0.6 is 0 Å². The molecule has 142 valence electrons. The zero-order chi connectivity index (χ0) is 19.1. The van der Waals surface area contributed by atoms with Gasteiger partial charge in [-0.2, -0.15) is 0 Å². The van der Waals surface area contributed by atoms with Gasteiger partial charge in [-0.3, -0.25) is 4.79 Å². The Hall–Kier alpha value is -2.30. The maximum absolute atomic E-state index is 11.7. The first kappa shape index (κ1) is 20.0. The predicted octanol–water partition coefficient (Wildman–Crippen LogP) is 4.38. The van der Waals surface area contributed by atoms with Gasteiger partial charge in [-0.05, 0) is 69.6 Å². The summed E-state index contributed by atoms with van der Waals surface area (Å²) in [6.45, 7) is 3.63. The second kappa shape index (κ2) is 9.41. The van der Waals surface area contributed by atoms with Crippen molar-refractivity contribution in [2.24, 2.45) is 0 Å². The molecule has 5 heteroatoms. The van der Waals surface area contributed by atoms with Crippen LogP contribution in [0.1, 0.15) is 62.5 Å². The lowest BCUT2D eigenvalue weighted by Crippen LogP contribution is -2.27. The van der Waals surface area contributed by atoms with Crippen LogP contribution in [-0.2, 0) is 14.3 Å². The Morgan fingerprint density at radius 3 is 2.62 bits per heavy atom. The number of methoxy groups -OCH3 is 1. The summed E-state index contributed by atoms with van der Waals surface area (Å²) in [5, 5.41) is 9.50. The summed E-state index contributed by atoms with van der Waals surface area (Å²) in [5.41, 5.74) is 2.97. The third-order valence-corrected chi connectivity index (χ3v) is 4.91. The van der Waals surface area contributed by atoms with Crippen LogP contribution in [0.2, 0.25) is 0 Å². The molecule has 1 aliphatic carbocycles. The minimum Gasteiger partial charge on any atom is -0.479 e. The molecule has 0 amide bonds. The molecule has 1 aromatic carbocycles. The highest BCUT2D eigenvalue weighted by Gasteiger charge is 2.22. The van der Waals surface area contributed by atoms with Crippen LogP contribution in [0.15, 0.2) is 29.8 Å². The summed E-state index contributed by atoms with van der Waals surface area (Å²) in [7, 11) is 1.36. The fourth-order valence-corrected chi connectivity index (χ4v) is 3.22. The van der Waals surface area contributed by atoms with Crippen LogP contribution in [0, 0.1) is 6.92 Å². The van der Waals surface area contributed by atoms with Crippen LogP contribution in [0.3, 0.4) is 0 Å². The first-order valence-corrected chi connectivity index (χ1v) is 9.18. The number of esters is 1. The highest BCUT2D eigenvalue weighted by atomic mass is 16.5. The Morgan fingerprint density at radius 2 is 2.04 bits per heavy atom. The second-order valence-corrected chi connectivity index (χ2v) is 6.86. The van der Waals surface area contributed by atoms with Crippen molar-refractivity contribution in [2.45, 2.75) is 64.4 Å². The molecular formula is C21H28O5. The average Bonchev–Trinajstić information content (AvgIpc) is 2.65. The monoisotopic (exact) mass is 360 g/mol. The lowest BCUT2D eigenvalue weighted by molar-refractivity contribution is -0.145. The van der Waals surface area contributed by atoms with Crippen molar-refractivity contribution < 1.29 is 24.2 Å². The zero-order valence-electron chi connectivity index (χ0n) is 15.8. The van der Waals surface area contributed by atoms with E-state index in [1.165, 1.54) is 25.5 Å². The van der Waals surface area contributed by atoms with Crippen LogP contribution in [-0.4, -0.2) is 30.3 Å². The van der Waals surface area contributed by atoms with E-state index >= 15 is 0 Å². The number of aliphatic carboxylic acids is 1. The predicted molar refractivity (Wildman–Crippen MR) is 99.4 cm³/mol. The normalized spacial score (nSPS) is 16.3. The minimum absolute atomic E-state index is 0.303. The molecule has 1 aromatic rings. The van der Waals surface area contributed by atoms with E-state index in [4.69, 9.17) is 9.47 Å². The van der Waals surface area contributed by atoms with Gasteiger partial charge in [0.1, 0.15) is 5.75 Å². The summed E-state index contributed by atoms with van der Waals surface area (Å²) in [5.74, 6) is -1.09. The van der Waals surface area contributed by atoms with E-state index in [0.29, 0.717) is 12.2 Å². The molecule has 0 bridgehead atoms. The number of ether oxygens (including phenoxy) is 2. The maximum Gasteiger partial charge on any atom is 0.344 e. The first-order chi connectivity index (χ1) is 12.4. The maximum atomic E-state index is 11.7. The van der Waals surface area contributed by atoms with Crippen molar-refractivity contribution in [3.63, 3.8) is 0 Å². The smallest absolute Gasteiger partial charge is 0.344 e. The third kappa shape index (κ3) is 5.35. The van der Waals surface area contributed by atoms with Gasteiger partial charge in [-0.15, -0.1) is 0 Å². The number of benzene rings is 1. The van der Waals surface area contributed by atoms with Crippen molar-refractivity contribution in [1.82, 2.24) is 0 Å². The van der Waals surface area contributed by atoms with Crippen molar-refractivity contribution in [2.75, 3.05) is 7.11 Å². The van der Waals surface area contributed by atoms with E-state index < -0.39 is 12.1 Å². The zero-order valence-corrected chi connectivity index (χ0v) is 15.8. The molecule has 0 radical (unpaired) electrons. The Bertz CT molecular complexity index is 677. The van der Waals surface area contributed by atoms with Crippen LogP contribution in [0.25, 0.3) is 0 Å². The second-order valence-electron chi connectivity index (χ2n) is 6.86. The molecule has 0 aliphatic heterocycles. The SMILES string of the molecule is COC(=O)C(C)c1ccc(OC(CCC2=CCCCC2)C(=O)O)c(C)c1. The van der Waals surface area contributed by atoms with Crippen molar-refractivity contribution in [1.29, 1.82) is 0 Å². The number of carbonyl (C=O) groups is 2. The molecular weight excluding hydrogens is 332 g/mol. The van der Waals surface area contributed by atoms with E-state index in [-0.39, 0.29) is 11.9 Å². The average molecular weight is 360 g/mol. The van der Waals surface area contributed by atoms with Crippen LogP contribution in [0.4, 0.5) is 0 Å². The number of allylic oxidation sites excluding steroid dienone is 2. The number of carbonyl (C=O) groups excluding carboxylic acids is 1. The number of hydrogen-bond donors (Lipinski definition) is 1. The molecule has 26 heavy (non-hydrogen) atoms. The number of aryl methyl sites for hydroxylation is 1. The molecule has 2 rings (SSSR count). The van der Waals surface area contributed by atoms with Crippen LogP contribution < -0.4 is 4.74 Å². The fourth-order valence-electron chi connectivity index (χ4n) is 3.22. The summed E-state index contributed by atoms with van der Waals surface area (Å²) in [4.78, 5) is 23.3. The van der Waals surface area contributed by atoms with Gasteiger partial charge in [0.05, 0.1) is 13.0 Å². The van der Waals surface area contributed by atoms with Gasteiger partial charge in [0, 0.05) is 0 Å². The molecule has 1 N–H and O–H groups in total. The van der Waals surface area contributed by atoms with Gasteiger partial charge in [0.2, 0.25) is 0 Å². The number of rotatable bonds is 8. The highest BCUT2D eigenvalue weighted by Crippen LogP contribution is 2.27. The fraction of sp³-hybridized carbons (Fsp3) is 0.524. The number of carboxylic acid groups (broad SMARTS) is 1. The minimum atomic E-state index is -0.951. The van der Waals surface area contributed by atoms with E-state index in [1.54, 1.807) is 19.1 Å². The standard InChI is InChI=1S/C21H28O5/c1-14-13-17(15(2)21(24)25-3)10-12-18(14)26-19(20(22)23)11-9-16-7-5-4-6-8-16/h7,10,12-13,15,19H,4-6,8-9,11H2,1-3H3,(H,22,23). The van der Waals surface area contributed by atoms with E-state index in [0.717, 1.165) is 30.4 Å². The quantitative estimate of drug-likeness (QED) is 0.550. The van der Waals surface area contributed by atoms with Gasteiger partial charge in [0.25, 0.3) is 0 Å². The summed E-state index contributed by atoms with van der Waals surface area (Å²) < 4.78 is 10.5. The van der Waals surface area contributed by atoms with Gasteiger partial charge in [0.15, 0.2) is 6.10 Å². The van der Waals surface area contributed by atoms with E-state index in [2.05, 4.69) is 6.08 Å². The Morgan fingerprint density at radius 1 is 1.27 bits per heavy atom. The Labute approximate surface area is 155 Å². The van der Waals surface area contributed by atoms with Gasteiger partial charge in [-0.25, -0.2) is 4.79 Å². The van der Waals surface area contributed by atoms with E-state index in [9.17, 15) is 14.7 Å². The number of hydrogen-bond acceptors (Lipinski definition) is 4. The molecule has 5 nitrogen and oxygen atoms in total. The third-order valence-electron chi connectivity index (χ3n) is 4.91. The molecule has 0 fully saturated rings. The molecule has 2 unspecified atom stereocenters. The van der Waals surface area contributed by atoms with Crippen molar-refractivity contribution in [3.05, 3.63) is 41.0 Å². The molecule has 0 aromatic heterocycles. The molecule has 2 atom stereocenters. The van der Waals surface area contributed by atoms with E-state index in [1.807, 2.05) is 13.0 Å². The summed E-state index contributed by atoms with van der Waals surface area (Å²) in [6.07, 6.45) is 7.13. The largest absolute Gasteiger partial charge is 0.479 e. The Balaban J connectivity index is 2.04. The molecule has 1 aliphatic rings. The summed E-state index contributed by atoms with van der Waals surface area (Å²) in [6, 6.07) is 5.37. The lowest BCUT2D eigenvalue weighted by Gasteiger charge is -2.19. The van der Waals surface area contributed by atoms with Gasteiger partial charge < -0.3 is 14.6 Å². The van der Waals surface area contributed by atoms with Crippen molar-refractivity contribution >= 4 is 11.9 Å². The van der Waals surface area contributed by atoms with Crippen LogP contribution in [0.5, 0.6) is 5.75 Å². The van der Waals surface area contributed by atoms with Gasteiger partial charge in [-0.1, -0.05) is 23.8 Å². The molecule has 0 heterocycles. The molecule has 0 saturated carbocycles. The van der Waals surface area contributed by atoms with Gasteiger partial charge >= 0.3 is 11.9 Å². The first-order valence-electron chi connectivity index (χ1n) is 9.18.